The number of rotatable bonds is 8. The quantitative estimate of drug-likeness (QED) is 0.242. The number of nitrogens with zero attached hydrogens (tertiary/aromatic N) is 5. The molecule has 0 unspecified atom stereocenters. The number of aldehydes is 1. The van der Waals surface area contributed by atoms with Crippen molar-refractivity contribution in [2.24, 2.45) is 0 Å². The third kappa shape index (κ3) is 5.30. The second-order valence-electron chi connectivity index (χ2n) is 9.18. The molecule has 0 bridgehead atoms. The monoisotopic (exact) mass is 491 g/mol. The van der Waals surface area contributed by atoms with Gasteiger partial charge in [0.15, 0.2) is 5.65 Å². The molecule has 1 aliphatic rings. The maximum absolute atomic E-state index is 11.5. The van der Waals surface area contributed by atoms with E-state index in [4.69, 9.17) is 4.74 Å². The summed E-state index contributed by atoms with van der Waals surface area (Å²) in [5.74, 6) is 0.864. The molecule has 37 heavy (non-hydrogen) atoms. The van der Waals surface area contributed by atoms with Crippen molar-refractivity contribution >= 4 is 17.5 Å². The number of benzene rings is 2. The van der Waals surface area contributed by atoms with Crippen molar-refractivity contribution in [3.63, 3.8) is 0 Å². The van der Waals surface area contributed by atoms with Crippen molar-refractivity contribution in [2.75, 3.05) is 26.2 Å². The van der Waals surface area contributed by atoms with Crippen LogP contribution in [0.1, 0.15) is 37.3 Å². The number of aromatic nitrogens is 3. The lowest BCUT2D eigenvalue weighted by atomic mass is 9.96. The van der Waals surface area contributed by atoms with Crippen LogP contribution in [0.4, 0.5) is 0 Å². The number of carbonyl (C=O) groups excluding carboxylic acids is 1. The molecule has 1 saturated heterocycles. The van der Waals surface area contributed by atoms with Crippen LogP contribution in [0, 0.1) is 11.3 Å². The van der Waals surface area contributed by atoms with Gasteiger partial charge in [-0.1, -0.05) is 30.7 Å². The Labute approximate surface area is 216 Å². The van der Waals surface area contributed by atoms with Gasteiger partial charge in [-0.15, -0.1) is 0 Å². The molecule has 4 aromatic rings. The Morgan fingerprint density at radius 2 is 1.84 bits per heavy atom. The second kappa shape index (κ2) is 11.2. The molecule has 1 aliphatic heterocycles. The van der Waals surface area contributed by atoms with Crippen molar-refractivity contribution in [1.82, 2.24) is 19.5 Å². The van der Waals surface area contributed by atoms with Crippen LogP contribution in [-0.2, 0) is 4.79 Å². The fraction of sp³-hybridized carbons (Fsp3) is 0.267. The number of hydrogen-bond donors (Lipinski definition) is 0. The van der Waals surface area contributed by atoms with Gasteiger partial charge < -0.3 is 4.74 Å². The van der Waals surface area contributed by atoms with Crippen LogP contribution >= 0.6 is 0 Å². The molecule has 0 spiro atoms. The molecule has 2 aromatic carbocycles. The van der Waals surface area contributed by atoms with Crippen LogP contribution < -0.4 is 4.74 Å². The number of hydrogen-bond acceptors (Lipinski definition) is 6. The van der Waals surface area contributed by atoms with Crippen molar-refractivity contribution in [3.8, 4) is 34.1 Å². The molecule has 186 valence electrons. The van der Waals surface area contributed by atoms with Crippen LogP contribution in [-0.4, -0.2) is 52.0 Å². The summed E-state index contributed by atoms with van der Waals surface area (Å²) < 4.78 is 7.71. The number of likely N-dealkylation sites (tertiary alicyclic amines) is 1. The zero-order valence-electron chi connectivity index (χ0n) is 20.9. The Morgan fingerprint density at radius 3 is 2.57 bits per heavy atom. The molecule has 7 nitrogen and oxygen atoms in total. The maximum Gasteiger partial charge on any atom is 0.162 e. The lowest BCUT2D eigenvalue weighted by Crippen LogP contribution is -2.33. The highest BCUT2D eigenvalue weighted by Crippen LogP contribution is 2.30. The van der Waals surface area contributed by atoms with Crippen LogP contribution in [0.5, 0.6) is 5.75 Å². The third-order valence-electron chi connectivity index (χ3n) is 6.87. The average molecular weight is 492 g/mol. The Morgan fingerprint density at radius 1 is 1.05 bits per heavy atom. The van der Waals surface area contributed by atoms with E-state index in [0.717, 1.165) is 40.8 Å². The molecule has 0 N–H and O–H groups in total. The molecule has 0 amide bonds. The van der Waals surface area contributed by atoms with Gasteiger partial charge in [0.2, 0.25) is 0 Å². The normalized spacial score (nSPS) is 14.4. The molecular weight excluding hydrogens is 462 g/mol. The first-order chi connectivity index (χ1) is 18.2. The van der Waals surface area contributed by atoms with Crippen LogP contribution in [0.3, 0.4) is 0 Å². The summed E-state index contributed by atoms with van der Waals surface area (Å²) in [6.07, 6.45) is 11.9. The van der Waals surface area contributed by atoms with Gasteiger partial charge in [0.05, 0.1) is 17.8 Å². The maximum atomic E-state index is 11.5. The first kappa shape index (κ1) is 24.4. The summed E-state index contributed by atoms with van der Waals surface area (Å²) in [7, 11) is 0. The first-order valence-electron chi connectivity index (χ1n) is 12.7. The zero-order valence-corrected chi connectivity index (χ0v) is 20.9. The van der Waals surface area contributed by atoms with E-state index in [0.29, 0.717) is 29.0 Å². The lowest BCUT2D eigenvalue weighted by Gasteiger charge is -2.26. The minimum Gasteiger partial charge on any atom is -0.492 e. The Kier molecular flexibility index (Phi) is 7.38. The minimum atomic E-state index is 0.453. The number of piperidine rings is 1. The van der Waals surface area contributed by atoms with Crippen LogP contribution in [0.25, 0.3) is 33.5 Å². The second-order valence-corrected chi connectivity index (χ2v) is 9.18. The third-order valence-corrected chi connectivity index (χ3v) is 6.87. The SMILES string of the molecule is CC=C(C=O)c1cc(-c2cnn3cc(-c4ccc(OCCN5CCCCC5)cc4)cnc23)ccc1C#N. The van der Waals surface area contributed by atoms with E-state index >= 15 is 0 Å². The topological polar surface area (TPSA) is 83.5 Å². The van der Waals surface area contributed by atoms with Gasteiger partial charge in [-0.3, -0.25) is 9.69 Å². The van der Waals surface area contributed by atoms with Crippen LogP contribution in [0.2, 0.25) is 0 Å². The van der Waals surface area contributed by atoms with Gasteiger partial charge in [0, 0.05) is 41.2 Å². The van der Waals surface area contributed by atoms with Crippen molar-refractivity contribution in [2.45, 2.75) is 26.2 Å². The Balaban J connectivity index is 1.33. The number of nitriles is 1. The Bertz CT molecular complexity index is 1470. The predicted molar refractivity (Wildman–Crippen MR) is 144 cm³/mol. The summed E-state index contributed by atoms with van der Waals surface area (Å²) in [6.45, 7) is 5.80. The van der Waals surface area contributed by atoms with Gasteiger partial charge in [-0.25, -0.2) is 9.50 Å². The van der Waals surface area contributed by atoms with E-state index in [1.807, 2.05) is 48.8 Å². The predicted octanol–water partition coefficient (Wildman–Crippen LogP) is 5.40. The Hall–Kier alpha value is -4.28. The number of ether oxygens (including phenoxy) is 1. The number of allylic oxidation sites excluding steroid dienone is 2. The van der Waals surface area contributed by atoms with E-state index in [2.05, 4.69) is 21.1 Å². The zero-order chi connectivity index (χ0) is 25.6. The van der Waals surface area contributed by atoms with Gasteiger partial charge in [-0.2, -0.15) is 10.4 Å². The van der Waals surface area contributed by atoms with Crippen molar-refractivity contribution < 1.29 is 9.53 Å². The highest BCUT2D eigenvalue weighted by atomic mass is 16.5. The molecule has 5 rings (SSSR count). The highest BCUT2D eigenvalue weighted by molar-refractivity contribution is 6.08. The van der Waals surface area contributed by atoms with E-state index in [1.54, 1.807) is 29.8 Å². The van der Waals surface area contributed by atoms with Crippen molar-refractivity contribution in [3.05, 3.63) is 78.3 Å². The smallest absolute Gasteiger partial charge is 0.162 e. The summed E-state index contributed by atoms with van der Waals surface area (Å²) >= 11 is 0. The molecular formula is C30H29N5O2. The molecule has 3 heterocycles. The first-order valence-corrected chi connectivity index (χ1v) is 12.7. The van der Waals surface area contributed by atoms with E-state index < -0.39 is 0 Å². The lowest BCUT2D eigenvalue weighted by molar-refractivity contribution is -0.103. The number of fused-ring (bicyclic) bond motifs is 1. The number of carbonyl (C=O) groups is 1. The fourth-order valence-corrected chi connectivity index (χ4v) is 4.78. The fourth-order valence-electron chi connectivity index (χ4n) is 4.78. The summed E-state index contributed by atoms with van der Waals surface area (Å²) in [4.78, 5) is 18.7. The molecule has 0 radical (unpaired) electrons. The highest BCUT2D eigenvalue weighted by Gasteiger charge is 2.14. The minimum absolute atomic E-state index is 0.453. The van der Waals surface area contributed by atoms with Gasteiger partial charge in [0.25, 0.3) is 0 Å². The summed E-state index contributed by atoms with van der Waals surface area (Å²) in [6, 6.07) is 15.7. The molecule has 0 aliphatic carbocycles. The molecule has 7 heteroatoms. The van der Waals surface area contributed by atoms with E-state index in [9.17, 15) is 10.1 Å². The summed E-state index contributed by atoms with van der Waals surface area (Å²) in [5, 5.41) is 14.0. The molecule has 0 saturated carbocycles. The van der Waals surface area contributed by atoms with Gasteiger partial charge in [0.1, 0.15) is 18.6 Å². The molecule has 2 aromatic heterocycles. The molecule has 1 fully saturated rings. The van der Waals surface area contributed by atoms with Gasteiger partial charge >= 0.3 is 0 Å². The van der Waals surface area contributed by atoms with Gasteiger partial charge in [-0.05, 0) is 68.2 Å². The standard InChI is InChI=1S/C30H29N5O2/c1-2-22(21-36)28-16-24(6-7-25(28)17-31)29-19-33-35-20-26(18-32-30(29)35)23-8-10-27(11-9-23)37-15-14-34-12-4-3-5-13-34/h2,6-11,16,18-21H,3-5,12-15H2,1H3. The largest absolute Gasteiger partial charge is 0.492 e. The summed E-state index contributed by atoms with van der Waals surface area (Å²) in [5.41, 5.74) is 5.88. The van der Waals surface area contributed by atoms with Crippen molar-refractivity contribution in [1.29, 1.82) is 5.26 Å². The average Bonchev–Trinajstić information content (AvgIpc) is 3.38. The van der Waals surface area contributed by atoms with Crippen LogP contribution in [0.15, 0.2) is 67.1 Å². The van der Waals surface area contributed by atoms with E-state index in [1.165, 1.54) is 32.4 Å². The molecule has 0 atom stereocenters. The van der Waals surface area contributed by atoms with E-state index in [-0.39, 0.29) is 0 Å².